The van der Waals surface area contributed by atoms with Crippen LogP contribution in [0.5, 0.6) is 11.5 Å². The summed E-state index contributed by atoms with van der Waals surface area (Å²) in [5.41, 5.74) is 0.651. The molecular formula is C17H15FO5. The Morgan fingerprint density at radius 2 is 1.61 bits per heavy atom. The Bertz CT molecular complexity index is 709. The van der Waals surface area contributed by atoms with E-state index in [4.69, 9.17) is 9.47 Å². The smallest absolute Gasteiger partial charge is 0.337 e. The number of rotatable bonds is 6. The number of carbonyl (C=O) groups is 2. The highest BCUT2D eigenvalue weighted by Gasteiger charge is 2.13. The van der Waals surface area contributed by atoms with E-state index in [9.17, 15) is 14.0 Å². The van der Waals surface area contributed by atoms with Gasteiger partial charge in [-0.25, -0.2) is 9.18 Å². The highest BCUT2D eigenvalue weighted by Crippen LogP contribution is 2.28. The van der Waals surface area contributed by atoms with Gasteiger partial charge < -0.3 is 14.2 Å². The molecule has 2 aromatic carbocycles. The van der Waals surface area contributed by atoms with Crippen LogP contribution in [0.2, 0.25) is 0 Å². The molecule has 120 valence electrons. The average Bonchev–Trinajstić information content (AvgIpc) is 2.59. The van der Waals surface area contributed by atoms with Crippen molar-refractivity contribution in [1.29, 1.82) is 0 Å². The van der Waals surface area contributed by atoms with Gasteiger partial charge >= 0.3 is 5.97 Å². The molecule has 0 N–H and O–H groups in total. The zero-order chi connectivity index (χ0) is 16.8. The molecule has 0 aromatic heterocycles. The Labute approximate surface area is 132 Å². The maximum absolute atomic E-state index is 12.8. The lowest BCUT2D eigenvalue weighted by atomic mass is 10.1. The van der Waals surface area contributed by atoms with E-state index in [0.717, 1.165) is 0 Å². The quantitative estimate of drug-likeness (QED) is 0.605. The van der Waals surface area contributed by atoms with Crippen molar-refractivity contribution in [3.05, 3.63) is 59.4 Å². The van der Waals surface area contributed by atoms with Crippen LogP contribution < -0.4 is 9.47 Å². The molecule has 0 spiro atoms. The summed E-state index contributed by atoms with van der Waals surface area (Å²) in [6.45, 7) is -0.237. The summed E-state index contributed by atoms with van der Waals surface area (Å²) < 4.78 is 28.0. The van der Waals surface area contributed by atoms with Gasteiger partial charge in [0.05, 0.1) is 19.8 Å². The van der Waals surface area contributed by atoms with Crippen LogP contribution in [-0.4, -0.2) is 32.6 Å². The zero-order valence-electron chi connectivity index (χ0n) is 12.7. The number of hydrogen-bond acceptors (Lipinski definition) is 5. The highest BCUT2D eigenvalue weighted by atomic mass is 19.1. The second-order valence-corrected chi connectivity index (χ2v) is 4.58. The van der Waals surface area contributed by atoms with Crippen LogP contribution in [0.3, 0.4) is 0 Å². The first-order chi connectivity index (χ1) is 11.0. The molecule has 0 fully saturated rings. The molecule has 0 radical (unpaired) electrons. The molecular weight excluding hydrogens is 303 g/mol. The number of ketones is 1. The number of benzene rings is 2. The number of halogens is 1. The van der Waals surface area contributed by atoms with Crippen molar-refractivity contribution in [3.8, 4) is 11.5 Å². The van der Waals surface area contributed by atoms with Crippen LogP contribution in [0.15, 0.2) is 42.5 Å². The van der Waals surface area contributed by atoms with E-state index >= 15 is 0 Å². The molecule has 0 heterocycles. The number of carbonyl (C=O) groups excluding carboxylic acids is 2. The summed E-state index contributed by atoms with van der Waals surface area (Å²) in [7, 11) is 2.70. The zero-order valence-corrected chi connectivity index (χ0v) is 12.7. The first-order valence-corrected chi connectivity index (χ1v) is 6.73. The van der Waals surface area contributed by atoms with Gasteiger partial charge in [-0.15, -0.1) is 0 Å². The summed E-state index contributed by atoms with van der Waals surface area (Å²) in [6.07, 6.45) is 0. The second kappa shape index (κ2) is 7.40. The monoisotopic (exact) mass is 318 g/mol. The normalized spacial score (nSPS) is 10.0. The van der Waals surface area contributed by atoms with Crippen LogP contribution >= 0.6 is 0 Å². The van der Waals surface area contributed by atoms with Crippen molar-refractivity contribution in [1.82, 2.24) is 0 Å². The molecule has 0 aliphatic carbocycles. The van der Waals surface area contributed by atoms with Crippen LogP contribution in [0, 0.1) is 5.82 Å². The first-order valence-electron chi connectivity index (χ1n) is 6.73. The number of methoxy groups -OCH3 is 2. The molecule has 0 saturated carbocycles. The van der Waals surface area contributed by atoms with Gasteiger partial charge in [-0.1, -0.05) is 0 Å². The van der Waals surface area contributed by atoms with Crippen molar-refractivity contribution in [2.24, 2.45) is 0 Å². The number of hydrogen-bond donors (Lipinski definition) is 0. The molecule has 0 aliphatic heterocycles. The van der Waals surface area contributed by atoms with E-state index in [-0.39, 0.29) is 12.4 Å². The van der Waals surface area contributed by atoms with E-state index in [1.807, 2.05) is 0 Å². The number of ether oxygens (including phenoxy) is 3. The lowest BCUT2D eigenvalue weighted by Crippen LogP contribution is -2.12. The molecule has 5 nitrogen and oxygen atoms in total. The maximum Gasteiger partial charge on any atom is 0.337 e. The van der Waals surface area contributed by atoms with Crippen molar-refractivity contribution < 1.29 is 28.2 Å². The molecule has 0 atom stereocenters. The number of Topliss-reactive ketones (excluding diaryl/α,β-unsaturated/α-hetero) is 1. The third kappa shape index (κ3) is 4.06. The summed E-state index contributed by atoms with van der Waals surface area (Å²) in [6, 6.07) is 9.67. The topological polar surface area (TPSA) is 61.8 Å². The molecule has 6 heteroatoms. The summed E-state index contributed by atoms with van der Waals surface area (Å²) in [5.74, 6) is -0.598. The van der Waals surface area contributed by atoms with Gasteiger partial charge in [0.1, 0.15) is 5.82 Å². The minimum Gasteiger partial charge on any atom is -0.493 e. The fraction of sp³-hybridized carbons (Fsp3) is 0.176. The van der Waals surface area contributed by atoms with E-state index in [1.165, 1.54) is 56.7 Å². The first kappa shape index (κ1) is 16.5. The fourth-order valence-corrected chi connectivity index (χ4v) is 1.89. The Morgan fingerprint density at radius 3 is 2.22 bits per heavy atom. The lowest BCUT2D eigenvalue weighted by molar-refractivity contribution is 0.0600. The van der Waals surface area contributed by atoms with E-state index < -0.39 is 11.8 Å². The Kier molecular flexibility index (Phi) is 5.30. The van der Waals surface area contributed by atoms with E-state index in [0.29, 0.717) is 22.6 Å². The molecule has 2 rings (SSSR count). The predicted molar refractivity (Wildman–Crippen MR) is 80.6 cm³/mol. The SMILES string of the molecule is COC(=O)c1ccc(OCC(=O)c2ccc(F)cc2)c(OC)c1. The third-order valence-electron chi connectivity index (χ3n) is 3.11. The summed E-state index contributed by atoms with van der Waals surface area (Å²) in [4.78, 5) is 23.5. The Hall–Kier alpha value is -2.89. The second-order valence-electron chi connectivity index (χ2n) is 4.58. The minimum atomic E-state index is -0.503. The van der Waals surface area contributed by atoms with Crippen molar-refractivity contribution in [2.75, 3.05) is 20.8 Å². The van der Waals surface area contributed by atoms with Crippen LogP contribution in [0.25, 0.3) is 0 Å². The van der Waals surface area contributed by atoms with Gasteiger partial charge in [-0.3, -0.25) is 4.79 Å². The van der Waals surface area contributed by atoms with Crippen molar-refractivity contribution >= 4 is 11.8 Å². The van der Waals surface area contributed by atoms with Crippen LogP contribution in [0.4, 0.5) is 4.39 Å². The Morgan fingerprint density at radius 1 is 0.957 bits per heavy atom. The summed E-state index contributed by atoms with van der Waals surface area (Å²) in [5, 5.41) is 0. The maximum atomic E-state index is 12.8. The molecule has 0 aliphatic rings. The van der Waals surface area contributed by atoms with E-state index in [1.54, 1.807) is 0 Å². The summed E-state index contributed by atoms with van der Waals surface area (Å²) >= 11 is 0. The molecule has 0 unspecified atom stereocenters. The van der Waals surface area contributed by atoms with Crippen LogP contribution in [0.1, 0.15) is 20.7 Å². The predicted octanol–water partition coefficient (Wildman–Crippen LogP) is 2.88. The molecule has 0 bridgehead atoms. The van der Waals surface area contributed by atoms with Gasteiger partial charge in [-0.05, 0) is 42.5 Å². The van der Waals surface area contributed by atoms with Crippen molar-refractivity contribution in [2.45, 2.75) is 0 Å². The fourth-order valence-electron chi connectivity index (χ4n) is 1.89. The largest absolute Gasteiger partial charge is 0.493 e. The van der Waals surface area contributed by atoms with Gasteiger partial charge in [0, 0.05) is 5.56 Å². The molecule has 23 heavy (non-hydrogen) atoms. The average molecular weight is 318 g/mol. The standard InChI is InChI=1S/C17H15FO5/c1-21-16-9-12(17(20)22-2)5-8-15(16)23-10-14(19)11-3-6-13(18)7-4-11/h3-9H,10H2,1-2H3. The Balaban J connectivity index is 2.09. The van der Waals surface area contributed by atoms with Gasteiger partial charge in [0.15, 0.2) is 23.9 Å². The molecule has 2 aromatic rings. The highest BCUT2D eigenvalue weighted by molar-refractivity contribution is 5.97. The lowest BCUT2D eigenvalue weighted by Gasteiger charge is -2.11. The molecule has 0 saturated heterocycles. The minimum absolute atomic E-state index is 0.237. The van der Waals surface area contributed by atoms with E-state index in [2.05, 4.69) is 4.74 Å². The number of esters is 1. The van der Waals surface area contributed by atoms with Crippen LogP contribution in [-0.2, 0) is 4.74 Å². The van der Waals surface area contributed by atoms with Gasteiger partial charge in [-0.2, -0.15) is 0 Å². The van der Waals surface area contributed by atoms with Gasteiger partial charge in [0.2, 0.25) is 0 Å². The van der Waals surface area contributed by atoms with Crippen molar-refractivity contribution in [3.63, 3.8) is 0 Å². The molecule has 0 amide bonds. The van der Waals surface area contributed by atoms with Gasteiger partial charge in [0.25, 0.3) is 0 Å². The third-order valence-corrected chi connectivity index (χ3v) is 3.11.